The summed E-state index contributed by atoms with van der Waals surface area (Å²) in [6.07, 6.45) is 3.93. The highest BCUT2D eigenvalue weighted by atomic mass is 16.5. The Kier molecular flexibility index (Phi) is 6.02. The second-order valence-electron chi connectivity index (χ2n) is 5.81. The molecule has 1 aromatic carbocycles. The molecule has 1 aliphatic rings. The van der Waals surface area contributed by atoms with Gasteiger partial charge in [-0.2, -0.15) is 0 Å². The van der Waals surface area contributed by atoms with Crippen molar-refractivity contribution >= 4 is 0 Å². The van der Waals surface area contributed by atoms with Crippen LogP contribution in [-0.2, 0) is 17.9 Å². The van der Waals surface area contributed by atoms with Crippen LogP contribution in [0.15, 0.2) is 24.3 Å². The zero-order valence-corrected chi connectivity index (χ0v) is 12.8. The summed E-state index contributed by atoms with van der Waals surface area (Å²) in [5.41, 5.74) is 8.54. The van der Waals surface area contributed by atoms with Gasteiger partial charge in [0.2, 0.25) is 0 Å². The van der Waals surface area contributed by atoms with Crippen molar-refractivity contribution in [3.8, 4) is 0 Å². The van der Waals surface area contributed by atoms with Crippen LogP contribution in [0.2, 0.25) is 0 Å². The standard InChI is InChI=1S/C17H28N2O/c1-3-19(17-6-4-5-16(17)11-18)12-14-7-9-15(10-8-14)13-20-2/h7-10,16-17H,3-6,11-13,18H2,1-2H3. The molecule has 2 atom stereocenters. The van der Waals surface area contributed by atoms with Crippen LogP contribution in [0, 0.1) is 5.92 Å². The molecule has 1 aliphatic carbocycles. The SMILES string of the molecule is CCN(Cc1ccc(COC)cc1)C1CCCC1CN. The summed E-state index contributed by atoms with van der Waals surface area (Å²) in [5.74, 6) is 0.683. The molecule has 0 heterocycles. The lowest BCUT2D eigenvalue weighted by atomic mass is 10.0. The Balaban J connectivity index is 1.98. The minimum Gasteiger partial charge on any atom is -0.380 e. The first-order valence-corrected chi connectivity index (χ1v) is 7.79. The van der Waals surface area contributed by atoms with Gasteiger partial charge in [-0.05, 0) is 43.0 Å². The molecule has 2 rings (SSSR count). The van der Waals surface area contributed by atoms with E-state index in [1.165, 1.54) is 30.4 Å². The van der Waals surface area contributed by atoms with Crippen LogP contribution < -0.4 is 5.73 Å². The maximum Gasteiger partial charge on any atom is 0.0713 e. The molecule has 0 aliphatic heterocycles. The van der Waals surface area contributed by atoms with Gasteiger partial charge in [0.15, 0.2) is 0 Å². The third-order valence-corrected chi connectivity index (χ3v) is 4.52. The minimum atomic E-state index is 0.670. The second-order valence-corrected chi connectivity index (χ2v) is 5.81. The van der Waals surface area contributed by atoms with Crippen molar-refractivity contribution in [2.45, 2.75) is 45.4 Å². The third kappa shape index (κ3) is 3.81. The Hall–Kier alpha value is -0.900. The van der Waals surface area contributed by atoms with Crippen LogP contribution in [0.3, 0.4) is 0 Å². The number of hydrogen-bond donors (Lipinski definition) is 1. The predicted molar refractivity (Wildman–Crippen MR) is 83.4 cm³/mol. The van der Waals surface area contributed by atoms with E-state index < -0.39 is 0 Å². The van der Waals surface area contributed by atoms with E-state index in [2.05, 4.69) is 36.1 Å². The molecule has 1 aromatic rings. The zero-order chi connectivity index (χ0) is 14.4. The fraction of sp³-hybridized carbons (Fsp3) is 0.647. The normalized spacial score (nSPS) is 22.6. The molecule has 2 unspecified atom stereocenters. The van der Waals surface area contributed by atoms with Gasteiger partial charge in [0.1, 0.15) is 0 Å². The zero-order valence-electron chi connectivity index (χ0n) is 12.8. The van der Waals surface area contributed by atoms with Gasteiger partial charge in [-0.25, -0.2) is 0 Å². The molecule has 3 nitrogen and oxygen atoms in total. The summed E-state index contributed by atoms with van der Waals surface area (Å²) in [4.78, 5) is 2.59. The van der Waals surface area contributed by atoms with Gasteiger partial charge in [-0.3, -0.25) is 4.90 Å². The minimum absolute atomic E-state index is 0.670. The van der Waals surface area contributed by atoms with Crippen molar-refractivity contribution in [1.29, 1.82) is 0 Å². The highest BCUT2D eigenvalue weighted by Crippen LogP contribution is 2.30. The van der Waals surface area contributed by atoms with Crippen molar-refractivity contribution < 1.29 is 4.74 Å². The summed E-state index contributed by atoms with van der Waals surface area (Å²) in [5, 5.41) is 0. The highest BCUT2D eigenvalue weighted by molar-refractivity contribution is 5.22. The first kappa shape index (κ1) is 15.5. The lowest BCUT2D eigenvalue weighted by Gasteiger charge is -2.31. The Bertz CT molecular complexity index is 390. The van der Waals surface area contributed by atoms with Gasteiger partial charge >= 0.3 is 0 Å². The summed E-state index contributed by atoms with van der Waals surface area (Å²) < 4.78 is 5.16. The van der Waals surface area contributed by atoms with Crippen LogP contribution in [0.5, 0.6) is 0 Å². The fourth-order valence-corrected chi connectivity index (χ4v) is 3.38. The molecule has 1 fully saturated rings. The fourth-order valence-electron chi connectivity index (χ4n) is 3.38. The molecule has 3 heteroatoms. The lowest BCUT2D eigenvalue weighted by Crippen LogP contribution is -2.39. The van der Waals surface area contributed by atoms with E-state index in [0.29, 0.717) is 18.6 Å². The molecule has 1 saturated carbocycles. The number of benzene rings is 1. The van der Waals surface area contributed by atoms with Crippen LogP contribution in [-0.4, -0.2) is 31.1 Å². The van der Waals surface area contributed by atoms with Gasteiger partial charge in [-0.15, -0.1) is 0 Å². The van der Waals surface area contributed by atoms with Gasteiger partial charge < -0.3 is 10.5 Å². The molecule has 0 aromatic heterocycles. The highest BCUT2D eigenvalue weighted by Gasteiger charge is 2.30. The maximum atomic E-state index is 5.92. The second kappa shape index (κ2) is 7.77. The lowest BCUT2D eigenvalue weighted by molar-refractivity contribution is 0.162. The van der Waals surface area contributed by atoms with Crippen molar-refractivity contribution in [3.05, 3.63) is 35.4 Å². The van der Waals surface area contributed by atoms with Gasteiger partial charge in [0.25, 0.3) is 0 Å². The maximum absolute atomic E-state index is 5.92. The largest absolute Gasteiger partial charge is 0.380 e. The summed E-state index contributed by atoms with van der Waals surface area (Å²) in [7, 11) is 1.74. The van der Waals surface area contributed by atoms with E-state index in [9.17, 15) is 0 Å². The molecule has 0 amide bonds. The van der Waals surface area contributed by atoms with E-state index in [-0.39, 0.29) is 0 Å². The number of nitrogens with two attached hydrogens (primary N) is 1. The van der Waals surface area contributed by atoms with Crippen molar-refractivity contribution in [2.75, 3.05) is 20.2 Å². The van der Waals surface area contributed by atoms with Crippen molar-refractivity contribution in [3.63, 3.8) is 0 Å². The molecule has 0 radical (unpaired) electrons. The number of nitrogens with zero attached hydrogens (tertiary/aromatic N) is 1. The molecule has 0 bridgehead atoms. The topological polar surface area (TPSA) is 38.5 Å². The number of ether oxygens (including phenoxy) is 1. The van der Waals surface area contributed by atoms with Crippen LogP contribution in [0.25, 0.3) is 0 Å². The van der Waals surface area contributed by atoms with Crippen LogP contribution in [0.1, 0.15) is 37.3 Å². The first-order chi connectivity index (χ1) is 9.78. The molecule has 0 spiro atoms. The third-order valence-electron chi connectivity index (χ3n) is 4.52. The predicted octanol–water partition coefficient (Wildman–Crippen LogP) is 2.78. The Morgan fingerprint density at radius 3 is 2.50 bits per heavy atom. The van der Waals surface area contributed by atoms with E-state index in [1.807, 2.05) is 0 Å². The van der Waals surface area contributed by atoms with E-state index in [0.717, 1.165) is 19.6 Å². The smallest absolute Gasteiger partial charge is 0.0713 e. The van der Waals surface area contributed by atoms with Crippen LogP contribution in [0.4, 0.5) is 0 Å². The summed E-state index contributed by atoms with van der Waals surface area (Å²) in [6, 6.07) is 9.46. The van der Waals surface area contributed by atoms with E-state index in [4.69, 9.17) is 10.5 Å². The molecular weight excluding hydrogens is 248 g/mol. The Labute approximate surface area is 123 Å². The number of rotatable bonds is 7. The van der Waals surface area contributed by atoms with Crippen LogP contribution >= 0.6 is 0 Å². The van der Waals surface area contributed by atoms with Gasteiger partial charge in [0.05, 0.1) is 6.61 Å². The Morgan fingerprint density at radius 2 is 1.90 bits per heavy atom. The number of hydrogen-bond acceptors (Lipinski definition) is 3. The molecule has 20 heavy (non-hydrogen) atoms. The molecule has 0 saturated heterocycles. The van der Waals surface area contributed by atoms with Gasteiger partial charge in [0, 0.05) is 19.7 Å². The van der Waals surface area contributed by atoms with Crippen molar-refractivity contribution in [2.24, 2.45) is 11.7 Å². The Morgan fingerprint density at radius 1 is 1.20 bits per heavy atom. The van der Waals surface area contributed by atoms with E-state index in [1.54, 1.807) is 7.11 Å². The molecule has 112 valence electrons. The molecular formula is C17H28N2O. The van der Waals surface area contributed by atoms with Gasteiger partial charge in [-0.1, -0.05) is 37.6 Å². The number of methoxy groups -OCH3 is 1. The monoisotopic (exact) mass is 276 g/mol. The quantitative estimate of drug-likeness (QED) is 0.832. The average molecular weight is 276 g/mol. The summed E-state index contributed by atoms with van der Waals surface area (Å²) >= 11 is 0. The molecule has 2 N–H and O–H groups in total. The van der Waals surface area contributed by atoms with Crippen molar-refractivity contribution in [1.82, 2.24) is 4.90 Å². The average Bonchev–Trinajstić information content (AvgIpc) is 2.95. The summed E-state index contributed by atoms with van der Waals surface area (Å²) in [6.45, 7) is 5.90. The first-order valence-electron chi connectivity index (χ1n) is 7.79. The van der Waals surface area contributed by atoms with E-state index >= 15 is 0 Å².